The van der Waals surface area contributed by atoms with Crippen LogP contribution in [-0.4, -0.2) is 42.6 Å². The minimum atomic E-state index is -0.00179. The van der Waals surface area contributed by atoms with Gasteiger partial charge in [0.2, 0.25) is 5.91 Å². The molecule has 0 aromatic carbocycles. The fraction of sp³-hybridized carbons (Fsp3) is 0.615. The smallest absolute Gasteiger partial charge is 0.239 e. The van der Waals surface area contributed by atoms with Crippen LogP contribution in [0.25, 0.3) is 0 Å². The third-order valence-corrected chi connectivity index (χ3v) is 2.52. The molecule has 1 rings (SSSR count). The van der Waals surface area contributed by atoms with E-state index in [-0.39, 0.29) is 12.5 Å². The van der Waals surface area contributed by atoms with Crippen LogP contribution in [0, 0.1) is 0 Å². The van der Waals surface area contributed by atoms with E-state index in [0.29, 0.717) is 12.4 Å². The largest absolute Gasteiger partial charge is 0.369 e. The quantitative estimate of drug-likeness (QED) is 0.740. The Morgan fingerprint density at radius 3 is 2.68 bits per heavy atom. The van der Waals surface area contributed by atoms with Crippen molar-refractivity contribution in [2.75, 3.05) is 36.9 Å². The monoisotopic (exact) mass is 265 g/mol. The van der Waals surface area contributed by atoms with Crippen molar-refractivity contribution in [2.24, 2.45) is 0 Å². The summed E-state index contributed by atoms with van der Waals surface area (Å²) in [6.07, 6.45) is 5.31. The van der Waals surface area contributed by atoms with E-state index < -0.39 is 0 Å². The number of carbonyl (C=O) groups is 1. The molecule has 6 heteroatoms. The maximum absolute atomic E-state index is 11.6. The fourth-order valence-corrected chi connectivity index (χ4v) is 1.49. The van der Waals surface area contributed by atoms with Crippen molar-refractivity contribution >= 4 is 17.5 Å². The third kappa shape index (κ3) is 5.54. The van der Waals surface area contributed by atoms with Gasteiger partial charge in [-0.05, 0) is 12.8 Å². The molecule has 0 aliphatic carbocycles. The predicted octanol–water partition coefficient (Wildman–Crippen LogP) is 1.26. The van der Waals surface area contributed by atoms with Gasteiger partial charge in [0.05, 0.1) is 18.9 Å². The molecule has 1 aromatic rings. The summed E-state index contributed by atoms with van der Waals surface area (Å²) in [7, 11) is 1.83. The van der Waals surface area contributed by atoms with E-state index in [2.05, 4.69) is 27.5 Å². The Hall–Kier alpha value is -1.85. The number of hydrogen-bond donors (Lipinski definition) is 2. The maximum atomic E-state index is 11.6. The summed E-state index contributed by atoms with van der Waals surface area (Å²) in [4.78, 5) is 22.0. The number of anilines is 2. The molecule has 0 fully saturated rings. The lowest BCUT2D eigenvalue weighted by Crippen LogP contribution is -2.35. The van der Waals surface area contributed by atoms with Crippen molar-refractivity contribution in [3.63, 3.8) is 0 Å². The third-order valence-electron chi connectivity index (χ3n) is 2.52. The van der Waals surface area contributed by atoms with Gasteiger partial charge >= 0.3 is 0 Å². The molecule has 0 aliphatic heterocycles. The molecule has 1 aromatic heterocycles. The van der Waals surface area contributed by atoms with E-state index in [9.17, 15) is 4.79 Å². The van der Waals surface area contributed by atoms with E-state index in [1.807, 2.05) is 14.0 Å². The highest BCUT2D eigenvalue weighted by Gasteiger charge is 2.08. The average molecular weight is 265 g/mol. The van der Waals surface area contributed by atoms with Crippen molar-refractivity contribution in [1.82, 2.24) is 15.3 Å². The van der Waals surface area contributed by atoms with Gasteiger partial charge in [-0.25, -0.2) is 4.98 Å². The van der Waals surface area contributed by atoms with Crippen LogP contribution >= 0.6 is 0 Å². The first-order chi connectivity index (χ1) is 9.17. The zero-order chi connectivity index (χ0) is 14.1. The molecule has 2 N–H and O–H groups in total. The first kappa shape index (κ1) is 15.2. The molecule has 0 unspecified atom stereocenters. The zero-order valence-electron chi connectivity index (χ0n) is 11.9. The molecule has 0 radical (unpaired) electrons. The van der Waals surface area contributed by atoms with E-state index in [1.165, 1.54) is 0 Å². The van der Waals surface area contributed by atoms with Gasteiger partial charge in [-0.3, -0.25) is 9.78 Å². The molecule has 0 bridgehead atoms. The Balaban J connectivity index is 2.55. The highest BCUT2D eigenvalue weighted by atomic mass is 16.2. The van der Waals surface area contributed by atoms with Crippen LogP contribution in [0.3, 0.4) is 0 Å². The second-order valence-electron chi connectivity index (χ2n) is 4.40. The molecular formula is C13H23N5O. The Kier molecular flexibility index (Phi) is 6.63. The summed E-state index contributed by atoms with van der Waals surface area (Å²) in [5.74, 6) is 1.42. The van der Waals surface area contributed by atoms with E-state index >= 15 is 0 Å². The standard InChI is InChI=1S/C13H23N5O/c1-4-6-15-11-8-14-9-12(17-11)18(3)10-13(19)16-7-5-2/h8-9H,4-7,10H2,1-3H3,(H,15,17)(H,16,19). The number of nitrogens with zero attached hydrogens (tertiary/aromatic N) is 3. The van der Waals surface area contributed by atoms with Crippen LogP contribution in [0.2, 0.25) is 0 Å². The first-order valence-corrected chi connectivity index (χ1v) is 6.71. The molecule has 0 aliphatic rings. The Morgan fingerprint density at radius 2 is 2.00 bits per heavy atom. The lowest BCUT2D eigenvalue weighted by atomic mass is 10.4. The van der Waals surface area contributed by atoms with Gasteiger partial charge in [0.15, 0.2) is 0 Å². The average Bonchev–Trinajstić information content (AvgIpc) is 2.43. The molecule has 106 valence electrons. The predicted molar refractivity (Wildman–Crippen MR) is 77.4 cm³/mol. The van der Waals surface area contributed by atoms with Crippen molar-refractivity contribution in [3.05, 3.63) is 12.4 Å². The molecule has 1 heterocycles. The number of hydrogen-bond acceptors (Lipinski definition) is 5. The van der Waals surface area contributed by atoms with Gasteiger partial charge in [0.1, 0.15) is 11.6 Å². The summed E-state index contributed by atoms with van der Waals surface area (Å²) in [6, 6.07) is 0. The minimum Gasteiger partial charge on any atom is -0.369 e. The van der Waals surface area contributed by atoms with Crippen LogP contribution in [0.15, 0.2) is 12.4 Å². The summed E-state index contributed by atoms with van der Waals surface area (Å²) >= 11 is 0. The second-order valence-corrected chi connectivity index (χ2v) is 4.40. The van der Waals surface area contributed by atoms with Gasteiger partial charge in [-0.1, -0.05) is 13.8 Å². The molecule has 0 spiro atoms. The number of aromatic nitrogens is 2. The summed E-state index contributed by atoms with van der Waals surface area (Å²) in [5.41, 5.74) is 0. The van der Waals surface area contributed by atoms with Crippen molar-refractivity contribution in [3.8, 4) is 0 Å². The molecule has 1 amide bonds. The molecule has 19 heavy (non-hydrogen) atoms. The van der Waals surface area contributed by atoms with E-state index in [1.54, 1.807) is 17.3 Å². The minimum absolute atomic E-state index is 0.00179. The SMILES string of the molecule is CCCNC(=O)CN(C)c1cncc(NCCC)n1. The van der Waals surface area contributed by atoms with Gasteiger partial charge in [-0.2, -0.15) is 0 Å². The highest BCUT2D eigenvalue weighted by Crippen LogP contribution is 2.10. The highest BCUT2D eigenvalue weighted by molar-refractivity contribution is 5.80. The molecular weight excluding hydrogens is 242 g/mol. The summed E-state index contributed by atoms with van der Waals surface area (Å²) in [6.45, 7) is 5.97. The number of carbonyl (C=O) groups excluding carboxylic acids is 1. The van der Waals surface area contributed by atoms with Gasteiger partial charge in [0.25, 0.3) is 0 Å². The molecule has 0 saturated heterocycles. The molecule has 6 nitrogen and oxygen atoms in total. The first-order valence-electron chi connectivity index (χ1n) is 6.71. The topological polar surface area (TPSA) is 70.2 Å². The fourth-order valence-electron chi connectivity index (χ4n) is 1.49. The lowest BCUT2D eigenvalue weighted by Gasteiger charge is -2.18. The van der Waals surface area contributed by atoms with Crippen LogP contribution in [0.5, 0.6) is 0 Å². The van der Waals surface area contributed by atoms with Crippen LogP contribution in [0.4, 0.5) is 11.6 Å². The lowest BCUT2D eigenvalue weighted by molar-refractivity contribution is -0.119. The van der Waals surface area contributed by atoms with E-state index in [0.717, 1.165) is 25.2 Å². The number of likely N-dealkylation sites (N-methyl/N-ethyl adjacent to an activating group) is 1. The molecule has 0 atom stereocenters. The van der Waals surface area contributed by atoms with Crippen LogP contribution in [0.1, 0.15) is 26.7 Å². The van der Waals surface area contributed by atoms with Gasteiger partial charge in [-0.15, -0.1) is 0 Å². The zero-order valence-corrected chi connectivity index (χ0v) is 11.9. The Labute approximate surface area is 114 Å². The normalized spacial score (nSPS) is 10.1. The van der Waals surface area contributed by atoms with Gasteiger partial charge < -0.3 is 15.5 Å². The number of nitrogens with one attached hydrogen (secondary N) is 2. The second kappa shape index (κ2) is 8.29. The van der Waals surface area contributed by atoms with Crippen LogP contribution < -0.4 is 15.5 Å². The number of rotatable bonds is 8. The summed E-state index contributed by atoms with van der Waals surface area (Å²) in [5, 5.41) is 6.01. The number of amides is 1. The summed E-state index contributed by atoms with van der Waals surface area (Å²) < 4.78 is 0. The van der Waals surface area contributed by atoms with Crippen molar-refractivity contribution < 1.29 is 4.79 Å². The maximum Gasteiger partial charge on any atom is 0.239 e. The molecule has 0 saturated carbocycles. The Morgan fingerprint density at radius 1 is 1.26 bits per heavy atom. The van der Waals surface area contributed by atoms with Crippen LogP contribution in [-0.2, 0) is 4.79 Å². The van der Waals surface area contributed by atoms with Crippen molar-refractivity contribution in [2.45, 2.75) is 26.7 Å². The van der Waals surface area contributed by atoms with Gasteiger partial charge in [0, 0.05) is 20.1 Å². The van der Waals surface area contributed by atoms with Crippen molar-refractivity contribution in [1.29, 1.82) is 0 Å². The Bertz CT molecular complexity index is 396. The van der Waals surface area contributed by atoms with E-state index in [4.69, 9.17) is 0 Å².